The molecule has 1 aliphatic rings. The molecule has 0 bridgehead atoms. The Morgan fingerprint density at radius 2 is 2.44 bits per heavy atom. The molecule has 0 heterocycles. The van der Waals surface area contributed by atoms with E-state index < -0.39 is 0 Å². The van der Waals surface area contributed by atoms with Gasteiger partial charge in [-0.25, -0.2) is 0 Å². The Morgan fingerprint density at radius 3 is 2.78 bits per heavy atom. The smallest absolute Gasteiger partial charge is 0.0222 e. The Kier molecular flexibility index (Phi) is 1.62. The zero-order valence-electron chi connectivity index (χ0n) is 6.22. The summed E-state index contributed by atoms with van der Waals surface area (Å²) >= 11 is 0. The molecule has 2 N–H and O–H groups in total. The lowest BCUT2D eigenvalue weighted by Crippen LogP contribution is -2.22. The summed E-state index contributed by atoms with van der Waals surface area (Å²) < 4.78 is 0. The maximum Gasteiger partial charge on any atom is 0.0222 e. The SMILES string of the molecule is C/C=C/C1CC1(N)CC. The highest BCUT2D eigenvalue weighted by molar-refractivity contribution is 5.15. The first-order valence-electron chi connectivity index (χ1n) is 3.64. The first-order valence-corrected chi connectivity index (χ1v) is 3.64. The van der Waals surface area contributed by atoms with Crippen LogP contribution in [0.5, 0.6) is 0 Å². The van der Waals surface area contributed by atoms with Gasteiger partial charge in [-0.3, -0.25) is 0 Å². The van der Waals surface area contributed by atoms with Gasteiger partial charge in [-0.2, -0.15) is 0 Å². The summed E-state index contributed by atoms with van der Waals surface area (Å²) in [6, 6.07) is 0. The number of allylic oxidation sites excluding steroid dienone is 1. The fourth-order valence-electron chi connectivity index (χ4n) is 1.25. The van der Waals surface area contributed by atoms with Gasteiger partial charge >= 0.3 is 0 Å². The zero-order chi connectivity index (χ0) is 6.91. The van der Waals surface area contributed by atoms with Crippen LogP contribution >= 0.6 is 0 Å². The fourth-order valence-corrected chi connectivity index (χ4v) is 1.25. The van der Waals surface area contributed by atoms with Gasteiger partial charge < -0.3 is 5.73 Å². The summed E-state index contributed by atoms with van der Waals surface area (Å²) in [5, 5.41) is 0. The van der Waals surface area contributed by atoms with Crippen molar-refractivity contribution >= 4 is 0 Å². The average Bonchev–Trinajstić information content (AvgIpc) is 2.46. The van der Waals surface area contributed by atoms with Crippen molar-refractivity contribution < 1.29 is 0 Å². The van der Waals surface area contributed by atoms with Gasteiger partial charge in [0, 0.05) is 5.54 Å². The van der Waals surface area contributed by atoms with E-state index in [9.17, 15) is 0 Å². The highest BCUT2D eigenvalue weighted by atomic mass is 14.8. The Morgan fingerprint density at radius 1 is 1.78 bits per heavy atom. The van der Waals surface area contributed by atoms with Crippen molar-refractivity contribution in [1.29, 1.82) is 0 Å². The highest BCUT2D eigenvalue weighted by Gasteiger charge is 2.46. The number of rotatable bonds is 2. The Labute approximate surface area is 56.9 Å². The molecule has 1 rings (SSSR count). The van der Waals surface area contributed by atoms with Gasteiger partial charge in [0.1, 0.15) is 0 Å². The van der Waals surface area contributed by atoms with Crippen molar-refractivity contribution in [2.75, 3.05) is 0 Å². The monoisotopic (exact) mass is 125 g/mol. The van der Waals surface area contributed by atoms with Gasteiger partial charge in [-0.15, -0.1) is 0 Å². The number of hydrogen-bond acceptors (Lipinski definition) is 1. The maximum atomic E-state index is 5.92. The molecule has 1 fully saturated rings. The molecule has 0 aromatic heterocycles. The molecule has 0 aromatic rings. The molecule has 0 aromatic carbocycles. The van der Waals surface area contributed by atoms with Crippen molar-refractivity contribution in [2.24, 2.45) is 11.7 Å². The van der Waals surface area contributed by atoms with Crippen LogP contribution < -0.4 is 5.73 Å². The van der Waals surface area contributed by atoms with Gasteiger partial charge in [-0.05, 0) is 25.7 Å². The third-order valence-corrected chi connectivity index (χ3v) is 2.26. The quantitative estimate of drug-likeness (QED) is 0.558. The van der Waals surface area contributed by atoms with Crippen LogP contribution in [0.2, 0.25) is 0 Å². The molecule has 1 nitrogen and oxygen atoms in total. The van der Waals surface area contributed by atoms with Crippen LogP contribution in [0.4, 0.5) is 0 Å². The molecule has 0 saturated heterocycles. The molecule has 0 aliphatic heterocycles. The summed E-state index contributed by atoms with van der Waals surface area (Å²) in [5.74, 6) is 0.674. The third kappa shape index (κ3) is 1.16. The van der Waals surface area contributed by atoms with Crippen LogP contribution in [0.3, 0.4) is 0 Å². The van der Waals surface area contributed by atoms with E-state index in [-0.39, 0.29) is 5.54 Å². The summed E-state index contributed by atoms with van der Waals surface area (Å²) in [4.78, 5) is 0. The molecule has 0 spiro atoms. The second-order valence-corrected chi connectivity index (χ2v) is 2.92. The van der Waals surface area contributed by atoms with Gasteiger partial charge in [0.05, 0.1) is 0 Å². The summed E-state index contributed by atoms with van der Waals surface area (Å²) in [5.41, 5.74) is 6.10. The standard InChI is InChI=1S/C8H15N/c1-3-5-7-6-8(7,9)4-2/h3,5,7H,4,6,9H2,1-2H3/b5-3+. The predicted molar refractivity (Wildman–Crippen MR) is 40.1 cm³/mol. The number of hydrogen-bond donors (Lipinski definition) is 1. The number of nitrogens with two attached hydrogens (primary N) is 1. The van der Waals surface area contributed by atoms with E-state index in [0.29, 0.717) is 5.92 Å². The molecule has 9 heavy (non-hydrogen) atoms. The normalized spacial score (nSPS) is 41.9. The maximum absolute atomic E-state index is 5.92. The van der Waals surface area contributed by atoms with Crippen LogP contribution in [0.1, 0.15) is 26.7 Å². The van der Waals surface area contributed by atoms with Crippen LogP contribution in [0, 0.1) is 5.92 Å². The van der Waals surface area contributed by atoms with Crippen LogP contribution in [-0.4, -0.2) is 5.54 Å². The highest BCUT2D eigenvalue weighted by Crippen LogP contribution is 2.44. The molecular weight excluding hydrogens is 110 g/mol. The van der Waals surface area contributed by atoms with E-state index in [1.165, 1.54) is 6.42 Å². The Bertz CT molecular complexity index is 129. The molecule has 52 valence electrons. The van der Waals surface area contributed by atoms with E-state index in [0.717, 1.165) is 6.42 Å². The van der Waals surface area contributed by atoms with Crippen LogP contribution in [0.15, 0.2) is 12.2 Å². The van der Waals surface area contributed by atoms with Gasteiger partial charge in [0.25, 0.3) is 0 Å². The van der Waals surface area contributed by atoms with Gasteiger partial charge in [-0.1, -0.05) is 19.1 Å². The second-order valence-electron chi connectivity index (χ2n) is 2.92. The van der Waals surface area contributed by atoms with Crippen LogP contribution in [0.25, 0.3) is 0 Å². The van der Waals surface area contributed by atoms with Crippen molar-refractivity contribution in [2.45, 2.75) is 32.2 Å². The van der Waals surface area contributed by atoms with E-state index in [1.807, 2.05) is 0 Å². The van der Waals surface area contributed by atoms with Gasteiger partial charge in [0.15, 0.2) is 0 Å². The van der Waals surface area contributed by atoms with Gasteiger partial charge in [0.2, 0.25) is 0 Å². The molecule has 1 heteroatoms. The minimum Gasteiger partial charge on any atom is -0.325 e. The minimum atomic E-state index is 0.173. The summed E-state index contributed by atoms with van der Waals surface area (Å²) in [6.07, 6.45) is 6.61. The lowest BCUT2D eigenvalue weighted by Gasteiger charge is -2.02. The topological polar surface area (TPSA) is 26.0 Å². The van der Waals surface area contributed by atoms with E-state index in [4.69, 9.17) is 5.73 Å². The Balaban J connectivity index is 2.38. The van der Waals surface area contributed by atoms with E-state index >= 15 is 0 Å². The largest absolute Gasteiger partial charge is 0.325 e. The average molecular weight is 125 g/mol. The molecular formula is C8H15N. The van der Waals surface area contributed by atoms with E-state index in [2.05, 4.69) is 26.0 Å². The molecule has 2 atom stereocenters. The molecule has 2 unspecified atom stereocenters. The lowest BCUT2D eigenvalue weighted by atomic mass is 10.1. The van der Waals surface area contributed by atoms with Crippen molar-refractivity contribution in [1.82, 2.24) is 0 Å². The van der Waals surface area contributed by atoms with Crippen molar-refractivity contribution in [3.8, 4) is 0 Å². The van der Waals surface area contributed by atoms with Crippen LogP contribution in [-0.2, 0) is 0 Å². The molecule has 0 amide bonds. The molecule has 0 radical (unpaired) electrons. The first-order chi connectivity index (χ1) is 4.23. The molecule has 1 aliphatic carbocycles. The fraction of sp³-hybridized carbons (Fsp3) is 0.750. The van der Waals surface area contributed by atoms with E-state index in [1.54, 1.807) is 0 Å². The predicted octanol–water partition coefficient (Wildman–Crippen LogP) is 1.69. The first kappa shape index (κ1) is 6.81. The summed E-state index contributed by atoms with van der Waals surface area (Å²) in [6.45, 7) is 4.21. The van der Waals surface area contributed by atoms with Crippen molar-refractivity contribution in [3.05, 3.63) is 12.2 Å². The zero-order valence-corrected chi connectivity index (χ0v) is 6.22. The van der Waals surface area contributed by atoms with Crippen molar-refractivity contribution in [3.63, 3.8) is 0 Å². The second kappa shape index (κ2) is 2.14. The summed E-state index contributed by atoms with van der Waals surface area (Å²) in [7, 11) is 0. The Hall–Kier alpha value is -0.300. The minimum absolute atomic E-state index is 0.173. The lowest BCUT2D eigenvalue weighted by molar-refractivity contribution is 0.617. The third-order valence-electron chi connectivity index (χ3n) is 2.26. The molecule has 1 saturated carbocycles.